The number of hydrogen-bond acceptors (Lipinski definition) is 4. The molecule has 4 aromatic carbocycles. The summed E-state index contributed by atoms with van der Waals surface area (Å²) in [6, 6.07) is 26.3. The van der Waals surface area contributed by atoms with E-state index in [0.717, 1.165) is 47.5 Å². The van der Waals surface area contributed by atoms with Crippen molar-refractivity contribution in [3.05, 3.63) is 129 Å². The summed E-state index contributed by atoms with van der Waals surface area (Å²) < 4.78 is 29.5. The van der Waals surface area contributed by atoms with Gasteiger partial charge in [-0.3, -0.25) is 13.9 Å². The number of carbonyl (C=O) groups is 2. The van der Waals surface area contributed by atoms with Crippen molar-refractivity contribution in [2.45, 2.75) is 69.0 Å². The van der Waals surface area contributed by atoms with Gasteiger partial charge in [0.05, 0.1) is 10.6 Å². The quantitative estimate of drug-likeness (QED) is 0.159. The first-order valence-electron chi connectivity index (χ1n) is 15.9. The van der Waals surface area contributed by atoms with E-state index in [2.05, 4.69) is 5.32 Å². The van der Waals surface area contributed by atoms with Gasteiger partial charge in [-0.05, 0) is 73.4 Å². The maximum absolute atomic E-state index is 14.7. The molecule has 0 aliphatic heterocycles. The lowest BCUT2D eigenvalue weighted by atomic mass is 9.94. The highest BCUT2D eigenvalue weighted by molar-refractivity contribution is 7.92. The van der Waals surface area contributed by atoms with Crippen LogP contribution in [0.25, 0.3) is 0 Å². The first-order chi connectivity index (χ1) is 23.0. The summed E-state index contributed by atoms with van der Waals surface area (Å²) in [5, 5.41) is 4.10. The predicted molar refractivity (Wildman–Crippen MR) is 193 cm³/mol. The molecular formula is C37H38Cl3N3O4S. The molecule has 11 heteroatoms. The Morgan fingerprint density at radius 3 is 2.08 bits per heavy atom. The lowest BCUT2D eigenvalue weighted by molar-refractivity contribution is -0.140. The molecule has 1 aliphatic carbocycles. The molecule has 7 nitrogen and oxygen atoms in total. The Labute approximate surface area is 297 Å². The summed E-state index contributed by atoms with van der Waals surface area (Å²) in [4.78, 5) is 30.4. The van der Waals surface area contributed by atoms with Crippen molar-refractivity contribution in [3.63, 3.8) is 0 Å². The van der Waals surface area contributed by atoms with Gasteiger partial charge in [-0.25, -0.2) is 8.42 Å². The van der Waals surface area contributed by atoms with E-state index in [-0.39, 0.29) is 45.5 Å². The first-order valence-corrected chi connectivity index (χ1v) is 18.5. The van der Waals surface area contributed by atoms with Crippen LogP contribution in [-0.2, 0) is 32.6 Å². The van der Waals surface area contributed by atoms with Gasteiger partial charge < -0.3 is 10.2 Å². The van der Waals surface area contributed by atoms with Crippen LogP contribution in [0.2, 0.25) is 15.1 Å². The van der Waals surface area contributed by atoms with Crippen molar-refractivity contribution in [2.24, 2.45) is 0 Å². The van der Waals surface area contributed by atoms with Crippen LogP contribution in [0.5, 0.6) is 0 Å². The fourth-order valence-electron chi connectivity index (χ4n) is 5.98. The summed E-state index contributed by atoms with van der Waals surface area (Å²) >= 11 is 19.0. The molecule has 5 rings (SSSR count). The van der Waals surface area contributed by atoms with Gasteiger partial charge in [-0.15, -0.1) is 0 Å². The van der Waals surface area contributed by atoms with Gasteiger partial charge >= 0.3 is 0 Å². The Bertz CT molecular complexity index is 1810. The third kappa shape index (κ3) is 9.32. The van der Waals surface area contributed by atoms with E-state index in [4.69, 9.17) is 34.8 Å². The SMILES string of the molecule is Cc1ccc(S(=O)(=O)N(CC(=O)N(Cc2cccc(Cl)c2)C(Cc2ccccc2)C(=O)NC2CCCCC2)c2cc(Cl)cc(Cl)c2)cc1. The lowest BCUT2D eigenvalue weighted by Gasteiger charge is -2.35. The molecule has 0 aromatic heterocycles. The molecule has 1 atom stereocenters. The number of nitrogens with zero attached hydrogens (tertiary/aromatic N) is 2. The summed E-state index contributed by atoms with van der Waals surface area (Å²) in [6.45, 7) is 1.26. The number of sulfonamides is 1. The normalized spacial score (nSPS) is 14.2. The Morgan fingerprint density at radius 2 is 1.44 bits per heavy atom. The van der Waals surface area contributed by atoms with Crippen LogP contribution < -0.4 is 9.62 Å². The molecule has 252 valence electrons. The van der Waals surface area contributed by atoms with Crippen molar-refractivity contribution >= 4 is 62.3 Å². The number of hydrogen-bond donors (Lipinski definition) is 1. The topological polar surface area (TPSA) is 86.8 Å². The van der Waals surface area contributed by atoms with Crippen LogP contribution in [0.3, 0.4) is 0 Å². The molecule has 2 amide bonds. The molecule has 0 saturated heterocycles. The average molecular weight is 727 g/mol. The molecule has 1 unspecified atom stereocenters. The number of carbonyl (C=O) groups excluding carboxylic acids is 2. The number of benzene rings is 4. The second-order valence-electron chi connectivity index (χ2n) is 12.2. The Balaban J connectivity index is 1.58. The number of halogens is 3. The summed E-state index contributed by atoms with van der Waals surface area (Å²) in [6.07, 6.45) is 5.12. The average Bonchev–Trinajstić information content (AvgIpc) is 3.05. The minimum Gasteiger partial charge on any atom is -0.352 e. The maximum atomic E-state index is 14.7. The van der Waals surface area contributed by atoms with Crippen LogP contribution >= 0.6 is 34.8 Å². The van der Waals surface area contributed by atoms with Gasteiger partial charge in [-0.1, -0.05) is 114 Å². The standard InChI is InChI=1S/C37H38Cl3N3O4S/c1-26-15-17-34(18-16-26)48(46,47)43(33-22-30(39)21-31(40)23-33)25-36(44)42(24-28-11-8-12-29(38)19-28)35(20-27-9-4-2-5-10-27)37(45)41-32-13-6-3-7-14-32/h2,4-5,8-12,15-19,21-23,32,35H,3,6-7,13-14,20,24-25H2,1H3,(H,41,45). The van der Waals surface area contributed by atoms with E-state index in [9.17, 15) is 18.0 Å². The smallest absolute Gasteiger partial charge is 0.264 e. The Kier molecular flexibility index (Phi) is 12.1. The number of anilines is 1. The Morgan fingerprint density at radius 1 is 0.792 bits per heavy atom. The molecule has 48 heavy (non-hydrogen) atoms. The number of amides is 2. The lowest BCUT2D eigenvalue weighted by Crippen LogP contribution is -2.55. The van der Waals surface area contributed by atoms with Crippen LogP contribution in [-0.4, -0.2) is 43.8 Å². The van der Waals surface area contributed by atoms with Gasteiger partial charge in [0.15, 0.2) is 0 Å². The molecule has 0 bridgehead atoms. The molecule has 1 saturated carbocycles. The highest BCUT2D eigenvalue weighted by Crippen LogP contribution is 2.31. The summed E-state index contributed by atoms with van der Waals surface area (Å²) in [5.41, 5.74) is 2.55. The number of aryl methyl sites for hydroxylation is 1. The molecule has 0 spiro atoms. The van der Waals surface area contributed by atoms with Crippen molar-refractivity contribution in [1.82, 2.24) is 10.2 Å². The number of nitrogens with one attached hydrogen (secondary N) is 1. The second kappa shape index (κ2) is 16.2. The predicted octanol–water partition coefficient (Wildman–Crippen LogP) is 8.24. The third-order valence-electron chi connectivity index (χ3n) is 8.49. The largest absolute Gasteiger partial charge is 0.352 e. The Hall–Kier alpha value is -3.56. The highest BCUT2D eigenvalue weighted by atomic mass is 35.5. The van der Waals surface area contributed by atoms with Crippen molar-refractivity contribution in [3.8, 4) is 0 Å². The maximum Gasteiger partial charge on any atom is 0.264 e. The van der Waals surface area contributed by atoms with E-state index in [1.54, 1.807) is 30.3 Å². The van der Waals surface area contributed by atoms with Crippen molar-refractivity contribution < 1.29 is 18.0 Å². The summed E-state index contributed by atoms with van der Waals surface area (Å²) in [7, 11) is -4.29. The first kappa shape index (κ1) is 35.7. The van der Waals surface area contributed by atoms with Gasteiger partial charge in [0, 0.05) is 34.1 Å². The van der Waals surface area contributed by atoms with E-state index >= 15 is 0 Å². The molecule has 0 heterocycles. The fraction of sp³-hybridized carbons (Fsp3) is 0.297. The van der Waals surface area contributed by atoms with Crippen LogP contribution in [0.1, 0.15) is 48.8 Å². The summed E-state index contributed by atoms with van der Waals surface area (Å²) in [5.74, 6) is -0.874. The van der Waals surface area contributed by atoms with Crippen molar-refractivity contribution in [1.29, 1.82) is 0 Å². The number of rotatable bonds is 12. The van der Waals surface area contributed by atoms with E-state index in [1.165, 1.54) is 35.2 Å². The molecule has 4 aromatic rings. The van der Waals surface area contributed by atoms with E-state index in [1.807, 2.05) is 43.3 Å². The minimum atomic E-state index is -4.29. The van der Waals surface area contributed by atoms with E-state index in [0.29, 0.717) is 10.6 Å². The molecular weight excluding hydrogens is 689 g/mol. The van der Waals surface area contributed by atoms with Crippen LogP contribution in [0, 0.1) is 6.92 Å². The molecule has 1 fully saturated rings. The zero-order valence-corrected chi connectivity index (χ0v) is 29.7. The van der Waals surface area contributed by atoms with Crippen molar-refractivity contribution in [2.75, 3.05) is 10.8 Å². The zero-order chi connectivity index (χ0) is 34.3. The van der Waals surface area contributed by atoms with Crippen LogP contribution in [0.4, 0.5) is 5.69 Å². The fourth-order valence-corrected chi connectivity index (χ4v) is 8.11. The second-order valence-corrected chi connectivity index (χ2v) is 15.3. The third-order valence-corrected chi connectivity index (χ3v) is 10.9. The van der Waals surface area contributed by atoms with Gasteiger partial charge in [0.1, 0.15) is 12.6 Å². The van der Waals surface area contributed by atoms with Crippen LogP contribution in [0.15, 0.2) is 102 Å². The minimum absolute atomic E-state index is 0.000314. The van der Waals surface area contributed by atoms with Gasteiger partial charge in [-0.2, -0.15) is 0 Å². The highest BCUT2D eigenvalue weighted by Gasteiger charge is 2.35. The van der Waals surface area contributed by atoms with Gasteiger partial charge in [0.2, 0.25) is 11.8 Å². The molecule has 1 N–H and O–H groups in total. The monoisotopic (exact) mass is 725 g/mol. The molecule has 0 radical (unpaired) electrons. The van der Waals surface area contributed by atoms with Gasteiger partial charge in [0.25, 0.3) is 10.0 Å². The van der Waals surface area contributed by atoms with E-state index < -0.39 is 28.5 Å². The molecule has 1 aliphatic rings. The zero-order valence-electron chi connectivity index (χ0n) is 26.6.